The minimum absolute atomic E-state index is 0.211. The number of pyridine rings is 1. The Balaban J connectivity index is 2.19. The Kier molecular flexibility index (Phi) is 4.68. The minimum atomic E-state index is -3.56. The molecule has 0 saturated heterocycles. The van der Waals surface area contributed by atoms with Gasteiger partial charge in [-0.3, -0.25) is 4.98 Å². The molecule has 2 rings (SSSR count). The molecular weight excluding hydrogens is 286 g/mol. The van der Waals surface area contributed by atoms with Crippen LogP contribution in [0.1, 0.15) is 11.3 Å². The first-order chi connectivity index (χ1) is 10.0. The van der Waals surface area contributed by atoms with E-state index < -0.39 is 10.0 Å². The van der Waals surface area contributed by atoms with Crippen molar-refractivity contribution in [3.05, 3.63) is 59.9 Å². The zero-order valence-electron chi connectivity index (χ0n) is 11.6. The number of benzene rings is 1. The number of nitrogens with zero attached hydrogens (tertiary/aromatic N) is 3. The molecule has 5 nitrogen and oxygen atoms in total. The molecule has 0 unspecified atom stereocenters. The third-order valence-electron chi connectivity index (χ3n) is 3.03. The van der Waals surface area contributed by atoms with Gasteiger partial charge in [0.2, 0.25) is 10.0 Å². The summed E-state index contributed by atoms with van der Waals surface area (Å²) >= 11 is 0. The molecule has 0 saturated carbocycles. The molecule has 0 atom stereocenters. The smallest absolute Gasteiger partial charge is 0.243 e. The fourth-order valence-electron chi connectivity index (χ4n) is 1.86. The molecule has 0 spiro atoms. The average Bonchev–Trinajstić information content (AvgIpc) is 2.49. The SMILES string of the molecule is CN(Cc1ccccn1)S(=O)(=O)c1ccc(CC#N)cc1. The first kappa shape index (κ1) is 15.2. The van der Waals surface area contributed by atoms with E-state index in [0.29, 0.717) is 5.69 Å². The van der Waals surface area contributed by atoms with Crippen LogP contribution in [0.15, 0.2) is 53.6 Å². The first-order valence-electron chi connectivity index (χ1n) is 6.36. The van der Waals surface area contributed by atoms with E-state index in [1.807, 2.05) is 12.1 Å². The van der Waals surface area contributed by atoms with E-state index in [0.717, 1.165) is 5.56 Å². The van der Waals surface area contributed by atoms with Crippen LogP contribution in [0.25, 0.3) is 0 Å². The highest BCUT2D eigenvalue weighted by atomic mass is 32.2. The van der Waals surface area contributed by atoms with Gasteiger partial charge in [0.05, 0.1) is 29.6 Å². The number of rotatable bonds is 5. The highest BCUT2D eigenvalue weighted by Gasteiger charge is 2.21. The Hall–Kier alpha value is -2.23. The first-order valence-corrected chi connectivity index (χ1v) is 7.80. The van der Waals surface area contributed by atoms with Crippen molar-refractivity contribution in [3.63, 3.8) is 0 Å². The molecule has 108 valence electrons. The second kappa shape index (κ2) is 6.48. The summed E-state index contributed by atoms with van der Waals surface area (Å²) in [4.78, 5) is 4.33. The molecule has 1 heterocycles. The lowest BCUT2D eigenvalue weighted by molar-refractivity contribution is 0.462. The summed E-state index contributed by atoms with van der Waals surface area (Å²) in [5, 5.41) is 8.62. The van der Waals surface area contributed by atoms with Gasteiger partial charge < -0.3 is 0 Å². The Morgan fingerprint density at radius 2 is 1.90 bits per heavy atom. The summed E-state index contributed by atoms with van der Waals surface area (Å²) < 4.78 is 26.1. The average molecular weight is 301 g/mol. The van der Waals surface area contributed by atoms with Crippen LogP contribution in [-0.2, 0) is 23.0 Å². The van der Waals surface area contributed by atoms with Crippen molar-refractivity contribution in [2.24, 2.45) is 0 Å². The van der Waals surface area contributed by atoms with Crippen molar-refractivity contribution in [2.45, 2.75) is 17.9 Å². The van der Waals surface area contributed by atoms with Gasteiger partial charge >= 0.3 is 0 Å². The minimum Gasteiger partial charge on any atom is -0.260 e. The molecule has 0 radical (unpaired) electrons. The number of aromatic nitrogens is 1. The van der Waals surface area contributed by atoms with E-state index in [-0.39, 0.29) is 17.9 Å². The second-order valence-corrected chi connectivity index (χ2v) is 6.61. The van der Waals surface area contributed by atoms with E-state index in [9.17, 15) is 8.42 Å². The summed E-state index contributed by atoms with van der Waals surface area (Å²) in [6.45, 7) is 0.211. The van der Waals surface area contributed by atoms with Gasteiger partial charge in [-0.05, 0) is 29.8 Å². The Morgan fingerprint density at radius 3 is 2.48 bits per heavy atom. The molecule has 0 bridgehead atoms. The van der Waals surface area contributed by atoms with Gasteiger partial charge in [0.1, 0.15) is 0 Å². The fraction of sp³-hybridized carbons (Fsp3) is 0.200. The predicted octanol–water partition coefficient (Wildman–Crippen LogP) is 1.97. The lowest BCUT2D eigenvalue weighted by Gasteiger charge is -2.16. The zero-order chi connectivity index (χ0) is 15.3. The quantitative estimate of drug-likeness (QED) is 0.846. The van der Waals surface area contributed by atoms with Crippen LogP contribution >= 0.6 is 0 Å². The molecule has 0 amide bonds. The van der Waals surface area contributed by atoms with Crippen LogP contribution in [-0.4, -0.2) is 24.8 Å². The van der Waals surface area contributed by atoms with Crippen molar-refractivity contribution < 1.29 is 8.42 Å². The highest BCUT2D eigenvalue weighted by molar-refractivity contribution is 7.89. The molecule has 2 aromatic rings. The molecule has 0 aliphatic rings. The molecular formula is C15H15N3O2S. The van der Waals surface area contributed by atoms with E-state index in [1.165, 1.54) is 23.5 Å². The summed E-state index contributed by atoms with van der Waals surface area (Å²) in [6.07, 6.45) is 1.90. The molecule has 1 aromatic carbocycles. The van der Waals surface area contributed by atoms with Gasteiger partial charge in [0.15, 0.2) is 0 Å². The molecule has 0 aliphatic heterocycles. The third kappa shape index (κ3) is 3.66. The van der Waals surface area contributed by atoms with Crippen LogP contribution in [0.4, 0.5) is 0 Å². The normalized spacial score (nSPS) is 11.3. The highest BCUT2D eigenvalue weighted by Crippen LogP contribution is 2.17. The van der Waals surface area contributed by atoms with Gasteiger partial charge in [-0.1, -0.05) is 18.2 Å². The maximum Gasteiger partial charge on any atom is 0.243 e. The molecule has 0 fully saturated rings. The Labute approximate surface area is 124 Å². The largest absolute Gasteiger partial charge is 0.260 e. The molecule has 21 heavy (non-hydrogen) atoms. The van der Waals surface area contributed by atoms with Crippen LogP contribution in [0.2, 0.25) is 0 Å². The molecule has 0 N–H and O–H groups in total. The van der Waals surface area contributed by atoms with Crippen LogP contribution in [0, 0.1) is 11.3 Å². The summed E-state index contributed by atoms with van der Waals surface area (Å²) in [6, 6.07) is 13.8. The van der Waals surface area contributed by atoms with Gasteiger partial charge in [-0.25, -0.2) is 8.42 Å². The standard InChI is InChI=1S/C15H15N3O2S/c1-18(12-14-4-2-3-11-17-14)21(19,20)15-7-5-13(6-8-15)9-10-16/h2-8,11H,9,12H2,1H3. The molecule has 6 heteroatoms. The van der Waals surface area contributed by atoms with Crippen molar-refractivity contribution in [3.8, 4) is 6.07 Å². The van der Waals surface area contributed by atoms with Crippen LogP contribution in [0.3, 0.4) is 0 Å². The number of sulfonamides is 1. The number of hydrogen-bond acceptors (Lipinski definition) is 4. The van der Waals surface area contributed by atoms with E-state index in [2.05, 4.69) is 4.98 Å². The predicted molar refractivity (Wildman–Crippen MR) is 78.6 cm³/mol. The maximum absolute atomic E-state index is 12.4. The zero-order valence-corrected chi connectivity index (χ0v) is 12.4. The van der Waals surface area contributed by atoms with Gasteiger partial charge in [0.25, 0.3) is 0 Å². The van der Waals surface area contributed by atoms with Gasteiger partial charge in [-0.15, -0.1) is 0 Å². The van der Waals surface area contributed by atoms with E-state index >= 15 is 0 Å². The monoisotopic (exact) mass is 301 g/mol. The van der Waals surface area contributed by atoms with Crippen molar-refractivity contribution in [1.29, 1.82) is 5.26 Å². The topological polar surface area (TPSA) is 74.1 Å². The summed E-state index contributed by atoms with van der Waals surface area (Å²) in [5.74, 6) is 0. The second-order valence-electron chi connectivity index (χ2n) is 4.56. The van der Waals surface area contributed by atoms with E-state index in [4.69, 9.17) is 5.26 Å². The summed E-state index contributed by atoms with van der Waals surface area (Å²) in [7, 11) is -2.04. The van der Waals surface area contributed by atoms with Crippen molar-refractivity contribution >= 4 is 10.0 Å². The van der Waals surface area contributed by atoms with Gasteiger partial charge in [-0.2, -0.15) is 9.57 Å². The number of hydrogen-bond donors (Lipinski definition) is 0. The lowest BCUT2D eigenvalue weighted by atomic mass is 10.2. The van der Waals surface area contributed by atoms with Crippen LogP contribution in [0.5, 0.6) is 0 Å². The van der Waals surface area contributed by atoms with Crippen molar-refractivity contribution in [1.82, 2.24) is 9.29 Å². The lowest BCUT2D eigenvalue weighted by Crippen LogP contribution is -2.26. The summed E-state index contributed by atoms with van der Waals surface area (Å²) in [5.41, 5.74) is 1.48. The number of nitriles is 1. The van der Waals surface area contributed by atoms with Gasteiger partial charge in [0, 0.05) is 13.2 Å². The Bertz CT molecular complexity index is 735. The Morgan fingerprint density at radius 1 is 1.19 bits per heavy atom. The molecule has 1 aromatic heterocycles. The maximum atomic E-state index is 12.4. The van der Waals surface area contributed by atoms with E-state index in [1.54, 1.807) is 30.5 Å². The van der Waals surface area contributed by atoms with Crippen LogP contribution < -0.4 is 0 Å². The van der Waals surface area contributed by atoms with Crippen molar-refractivity contribution in [2.75, 3.05) is 7.05 Å². The fourth-order valence-corrected chi connectivity index (χ4v) is 3.00. The third-order valence-corrected chi connectivity index (χ3v) is 4.84. The molecule has 0 aliphatic carbocycles.